The number of aromatic nitrogens is 1. The maximum Gasteiger partial charge on any atom is 0.292 e. The molecule has 0 saturated carbocycles. The van der Waals surface area contributed by atoms with Crippen LogP contribution < -0.4 is 14.3 Å². The molecule has 0 radical (unpaired) electrons. The monoisotopic (exact) mass is 384 g/mol. The van der Waals surface area contributed by atoms with Crippen molar-refractivity contribution < 1.29 is 19.0 Å². The molecule has 2 heterocycles. The number of aryl methyl sites for hydroxylation is 1. The molecule has 140 valence electrons. The van der Waals surface area contributed by atoms with E-state index in [2.05, 4.69) is 18.0 Å². The molecular weight excluding hydrogens is 364 g/mol. The van der Waals surface area contributed by atoms with E-state index in [-0.39, 0.29) is 12.5 Å². The minimum Gasteiger partial charge on any atom is -0.485 e. The van der Waals surface area contributed by atoms with Crippen molar-refractivity contribution >= 4 is 27.5 Å². The van der Waals surface area contributed by atoms with Crippen LogP contribution in [0.5, 0.6) is 11.5 Å². The molecule has 0 N–H and O–H groups in total. The number of nitrogens with zero attached hydrogens (tertiary/aromatic N) is 2. The molecule has 27 heavy (non-hydrogen) atoms. The standard InChI is InChI=1S/C20H20N2O4S/c1-13-6-5-9-17-18(13)22(10-11-24-2)20(27-17)21-19(23)16-12-25-14-7-3-4-8-15(14)26-16/h3-9,16H,10-12H2,1-2H3. The van der Waals surface area contributed by atoms with Crippen molar-refractivity contribution in [2.45, 2.75) is 19.6 Å². The van der Waals surface area contributed by atoms with Gasteiger partial charge in [0.25, 0.3) is 5.91 Å². The fourth-order valence-corrected chi connectivity index (χ4v) is 4.23. The summed E-state index contributed by atoms with van der Waals surface area (Å²) in [4.78, 5) is 17.8. The van der Waals surface area contributed by atoms with E-state index in [0.29, 0.717) is 29.5 Å². The van der Waals surface area contributed by atoms with Gasteiger partial charge in [-0.15, -0.1) is 0 Å². The lowest BCUT2D eigenvalue weighted by molar-refractivity contribution is -0.127. The van der Waals surface area contributed by atoms with Gasteiger partial charge in [-0.3, -0.25) is 4.79 Å². The van der Waals surface area contributed by atoms with Gasteiger partial charge < -0.3 is 18.8 Å². The van der Waals surface area contributed by atoms with E-state index in [1.54, 1.807) is 13.2 Å². The quantitative estimate of drug-likeness (QED) is 0.694. The minimum absolute atomic E-state index is 0.154. The fourth-order valence-electron chi connectivity index (χ4n) is 3.09. The van der Waals surface area contributed by atoms with Crippen LogP contribution in [0.15, 0.2) is 47.5 Å². The normalized spacial score (nSPS) is 16.7. The Hall–Kier alpha value is -2.64. The summed E-state index contributed by atoms with van der Waals surface area (Å²) in [5.41, 5.74) is 2.22. The highest BCUT2D eigenvalue weighted by molar-refractivity contribution is 7.16. The van der Waals surface area contributed by atoms with Crippen molar-refractivity contribution in [3.8, 4) is 11.5 Å². The molecule has 0 saturated heterocycles. The molecule has 0 fully saturated rings. The summed E-state index contributed by atoms with van der Waals surface area (Å²) in [5.74, 6) is 0.866. The number of benzene rings is 2. The first kappa shape index (κ1) is 17.8. The third-order valence-corrected chi connectivity index (χ3v) is 5.46. The zero-order valence-corrected chi connectivity index (χ0v) is 16.0. The van der Waals surface area contributed by atoms with Gasteiger partial charge in [0.15, 0.2) is 16.3 Å². The summed E-state index contributed by atoms with van der Waals surface area (Å²) in [5, 5.41) is 0. The molecule has 6 nitrogen and oxygen atoms in total. The van der Waals surface area contributed by atoms with Crippen molar-refractivity contribution in [3.05, 3.63) is 52.8 Å². The number of methoxy groups -OCH3 is 1. The second-order valence-electron chi connectivity index (χ2n) is 6.27. The van der Waals surface area contributed by atoms with E-state index < -0.39 is 6.10 Å². The molecule has 0 spiro atoms. The summed E-state index contributed by atoms with van der Waals surface area (Å²) in [6.07, 6.45) is -0.748. The van der Waals surface area contributed by atoms with Gasteiger partial charge in [-0.25, -0.2) is 0 Å². The van der Waals surface area contributed by atoms with Crippen LogP contribution >= 0.6 is 11.3 Å². The van der Waals surface area contributed by atoms with Crippen molar-refractivity contribution in [2.24, 2.45) is 4.99 Å². The number of rotatable bonds is 4. The van der Waals surface area contributed by atoms with Gasteiger partial charge in [0, 0.05) is 13.7 Å². The lowest BCUT2D eigenvalue weighted by atomic mass is 10.2. The Kier molecular flexibility index (Phi) is 4.96. The number of carbonyl (C=O) groups is 1. The number of hydrogen-bond donors (Lipinski definition) is 0. The molecule has 1 atom stereocenters. The first-order chi connectivity index (χ1) is 13.2. The Morgan fingerprint density at radius 1 is 1.26 bits per heavy atom. The molecule has 4 rings (SSSR count). The van der Waals surface area contributed by atoms with Crippen LogP contribution in [0.3, 0.4) is 0 Å². The number of hydrogen-bond acceptors (Lipinski definition) is 5. The summed E-state index contributed by atoms with van der Waals surface area (Å²) in [6, 6.07) is 13.4. The Balaban J connectivity index is 1.70. The number of carbonyl (C=O) groups excluding carboxylic acids is 1. The smallest absolute Gasteiger partial charge is 0.292 e. The van der Waals surface area contributed by atoms with Gasteiger partial charge in [0.05, 0.1) is 16.8 Å². The molecule has 0 bridgehead atoms. The SMILES string of the molecule is COCCn1c(=NC(=O)C2COc3ccccc3O2)sc2cccc(C)c21. The predicted molar refractivity (Wildman–Crippen MR) is 103 cm³/mol. The molecule has 2 aromatic carbocycles. The van der Waals surface area contributed by atoms with Gasteiger partial charge in [0.2, 0.25) is 6.10 Å². The number of thiazole rings is 1. The minimum atomic E-state index is -0.748. The number of para-hydroxylation sites is 3. The van der Waals surface area contributed by atoms with Gasteiger partial charge >= 0.3 is 0 Å². The van der Waals surface area contributed by atoms with Crippen molar-refractivity contribution in [3.63, 3.8) is 0 Å². The van der Waals surface area contributed by atoms with Crippen molar-refractivity contribution in [2.75, 3.05) is 20.3 Å². The average Bonchev–Trinajstić information content (AvgIpc) is 3.04. The molecule has 1 amide bonds. The average molecular weight is 384 g/mol. The molecule has 1 aliphatic rings. The second kappa shape index (κ2) is 7.54. The topological polar surface area (TPSA) is 62.1 Å². The third-order valence-electron chi connectivity index (χ3n) is 4.41. The Morgan fingerprint density at radius 3 is 2.89 bits per heavy atom. The van der Waals surface area contributed by atoms with Crippen LogP contribution in [-0.4, -0.2) is 36.9 Å². The highest BCUT2D eigenvalue weighted by atomic mass is 32.1. The fraction of sp³-hybridized carbons (Fsp3) is 0.300. The molecular formula is C20H20N2O4S. The zero-order chi connectivity index (χ0) is 18.8. The van der Waals surface area contributed by atoms with Crippen LogP contribution in [0.1, 0.15) is 5.56 Å². The first-order valence-corrected chi connectivity index (χ1v) is 9.54. The third kappa shape index (κ3) is 3.48. The largest absolute Gasteiger partial charge is 0.485 e. The number of fused-ring (bicyclic) bond motifs is 2. The van der Waals surface area contributed by atoms with Crippen LogP contribution in [0.25, 0.3) is 10.2 Å². The molecule has 0 aliphatic carbocycles. The van der Waals surface area contributed by atoms with E-state index in [4.69, 9.17) is 14.2 Å². The number of ether oxygens (including phenoxy) is 3. The van der Waals surface area contributed by atoms with Crippen molar-refractivity contribution in [1.82, 2.24) is 4.57 Å². The predicted octanol–water partition coefficient (Wildman–Crippen LogP) is 2.92. The van der Waals surface area contributed by atoms with E-state index in [0.717, 1.165) is 15.8 Å². The maximum atomic E-state index is 12.8. The molecule has 1 aliphatic heterocycles. The van der Waals surface area contributed by atoms with E-state index in [1.165, 1.54) is 11.3 Å². The van der Waals surface area contributed by atoms with Gasteiger partial charge in [-0.05, 0) is 30.7 Å². The zero-order valence-electron chi connectivity index (χ0n) is 15.2. The Morgan fingerprint density at radius 2 is 2.07 bits per heavy atom. The van der Waals surface area contributed by atoms with Crippen LogP contribution in [0.4, 0.5) is 0 Å². The van der Waals surface area contributed by atoms with Crippen molar-refractivity contribution in [1.29, 1.82) is 0 Å². The Bertz CT molecular complexity index is 1050. The van der Waals surface area contributed by atoms with E-state index >= 15 is 0 Å². The number of amides is 1. The molecule has 7 heteroatoms. The van der Waals surface area contributed by atoms with Crippen LogP contribution in [-0.2, 0) is 16.1 Å². The van der Waals surface area contributed by atoms with Gasteiger partial charge in [-0.2, -0.15) is 4.99 Å². The summed E-state index contributed by atoms with van der Waals surface area (Å²) in [6.45, 7) is 3.37. The second-order valence-corrected chi connectivity index (χ2v) is 7.27. The van der Waals surface area contributed by atoms with Crippen LogP contribution in [0, 0.1) is 6.92 Å². The molecule has 1 aromatic heterocycles. The summed E-state index contributed by atoms with van der Waals surface area (Å²) < 4.78 is 19.8. The van der Waals surface area contributed by atoms with E-state index in [1.807, 2.05) is 34.9 Å². The van der Waals surface area contributed by atoms with E-state index in [9.17, 15) is 4.79 Å². The summed E-state index contributed by atoms with van der Waals surface area (Å²) in [7, 11) is 1.66. The lowest BCUT2D eigenvalue weighted by Crippen LogP contribution is -2.37. The Labute approximate surface area is 160 Å². The van der Waals surface area contributed by atoms with Crippen LogP contribution in [0.2, 0.25) is 0 Å². The maximum absolute atomic E-state index is 12.8. The van der Waals surface area contributed by atoms with Gasteiger partial charge in [-0.1, -0.05) is 35.6 Å². The van der Waals surface area contributed by atoms with Gasteiger partial charge in [0.1, 0.15) is 6.61 Å². The highest BCUT2D eigenvalue weighted by Gasteiger charge is 2.27. The lowest BCUT2D eigenvalue weighted by Gasteiger charge is -2.23. The first-order valence-electron chi connectivity index (χ1n) is 8.72. The molecule has 3 aromatic rings. The summed E-state index contributed by atoms with van der Waals surface area (Å²) >= 11 is 1.49. The molecule has 1 unspecified atom stereocenters. The highest BCUT2D eigenvalue weighted by Crippen LogP contribution is 2.31.